The molecule has 0 aliphatic rings. The Balaban J connectivity index is 2.07. The minimum Gasteiger partial charge on any atom is -0.350 e. The number of alkyl halides is 3. The standard InChI is InChI=1S/C21H17BrF3NO/c1-12(2)26-20(27)14-5-8-18-15(9-14)10-17(22)11-19(18)13-3-6-16(7-4-13)21(23,24)25/h3-12H,1-2H3,(H,26,27). The monoisotopic (exact) mass is 435 g/mol. The summed E-state index contributed by atoms with van der Waals surface area (Å²) in [5.74, 6) is -0.164. The molecule has 0 saturated heterocycles. The molecule has 0 spiro atoms. The molecule has 3 aromatic carbocycles. The highest BCUT2D eigenvalue weighted by Crippen LogP contribution is 2.35. The number of hydrogen-bond acceptors (Lipinski definition) is 1. The molecule has 0 radical (unpaired) electrons. The van der Waals surface area contributed by atoms with Crippen LogP contribution in [0.5, 0.6) is 0 Å². The molecule has 27 heavy (non-hydrogen) atoms. The molecule has 3 aromatic rings. The summed E-state index contributed by atoms with van der Waals surface area (Å²) in [4.78, 5) is 12.2. The number of benzene rings is 3. The molecule has 0 aliphatic heterocycles. The van der Waals surface area contributed by atoms with Crippen LogP contribution in [0.2, 0.25) is 0 Å². The third-order valence-corrected chi connectivity index (χ3v) is 4.58. The number of amides is 1. The van der Waals surface area contributed by atoms with Crippen LogP contribution >= 0.6 is 15.9 Å². The fourth-order valence-electron chi connectivity index (χ4n) is 2.90. The average Bonchev–Trinajstić information content (AvgIpc) is 2.59. The molecular formula is C21H17BrF3NO. The van der Waals surface area contributed by atoms with Gasteiger partial charge in [0.15, 0.2) is 0 Å². The van der Waals surface area contributed by atoms with Gasteiger partial charge in [-0.1, -0.05) is 34.1 Å². The first-order valence-electron chi connectivity index (χ1n) is 8.37. The number of hydrogen-bond donors (Lipinski definition) is 1. The Hall–Kier alpha value is -2.34. The summed E-state index contributed by atoms with van der Waals surface area (Å²) in [6, 6.07) is 14.2. The summed E-state index contributed by atoms with van der Waals surface area (Å²) in [7, 11) is 0. The van der Waals surface area contributed by atoms with Gasteiger partial charge in [-0.05, 0) is 72.1 Å². The second-order valence-electron chi connectivity index (χ2n) is 6.59. The first-order valence-corrected chi connectivity index (χ1v) is 9.16. The van der Waals surface area contributed by atoms with E-state index in [1.165, 1.54) is 12.1 Å². The molecule has 6 heteroatoms. The van der Waals surface area contributed by atoms with E-state index in [0.29, 0.717) is 11.1 Å². The maximum absolute atomic E-state index is 12.8. The number of fused-ring (bicyclic) bond motifs is 1. The summed E-state index contributed by atoms with van der Waals surface area (Å²) >= 11 is 3.45. The summed E-state index contributed by atoms with van der Waals surface area (Å²) in [6.45, 7) is 3.77. The van der Waals surface area contributed by atoms with Gasteiger partial charge in [0.1, 0.15) is 0 Å². The minimum absolute atomic E-state index is 0.0263. The zero-order valence-electron chi connectivity index (χ0n) is 14.7. The van der Waals surface area contributed by atoms with Gasteiger partial charge in [-0.2, -0.15) is 13.2 Å². The van der Waals surface area contributed by atoms with E-state index in [2.05, 4.69) is 21.2 Å². The smallest absolute Gasteiger partial charge is 0.350 e. The zero-order valence-corrected chi connectivity index (χ0v) is 16.3. The number of rotatable bonds is 3. The SMILES string of the molecule is CC(C)NC(=O)c1ccc2c(-c3ccc(C(F)(F)F)cc3)cc(Br)cc2c1. The average molecular weight is 436 g/mol. The Morgan fingerprint density at radius 2 is 1.67 bits per heavy atom. The molecular weight excluding hydrogens is 419 g/mol. The molecule has 1 N–H and O–H groups in total. The Kier molecular flexibility index (Phi) is 5.29. The Labute approximate surface area is 163 Å². The van der Waals surface area contributed by atoms with Gasteiger partial charge in [0.2, 0.25) is 0 Å². The van der Waals surface area contributed by atoms with Crippen LogP contribution in [0.3, 0.4) is 0 Å². The second kappa shape index (κ2) is 7.35. The van der Waals surface area contributed by atoms with Crippen molar-refractivity contribution in [3.05, 3.63) is 70.2 Å². The highest BCUT2D eigenvalue weighted by Gasteiger charge is 2.30. The van der Waals surface area contributed by atoms with Crippen LogP contribution in [0.25, 0.3) is 21.9 Å². The van der Waals surface area contributed by atoms with Gasteiger partial charge in [0.05, 0.1) is 5.56 Å². The van der Waals surface area contributed by atoms with E-state index in [4.69, 9.17) is 0 Å². The molecule has 2 nitrogen and oxygen atoms in total. The van der Waals surface area contributed by atoms with Crippen molar-refractivity contribution in [2.45, 2.75) is 26.1 Å². The third kappa shape index (κ3) is 4.33. The van der Waals surface area contributed by atoms with Crippen LogP contribution in [-0.2, 0) is 6.18 Å². The van der Waals surface area contributed by atoms with Crippen LogP contribution in [0.1, 0.15) is 29.8 Å². The summed E-state index contributed by atoms with van der Waals surface area (Å²) < 4.78 is 39.2. The fraction of sp³-hybridized carbons (Fsp3) is 0.190. The van der Waals surface area contributed by atoms with E-state index in [0.717, 1.165) is 32.9 Å². The lowest BCUT2D eigenvalue weighted by molar-refractivity contribution is -0.137. The zero-order chi connectivity index (χ0) is 19.8. The number of carbonyl (C=O) groups is 1. The maximum atomic E-state index is 12.8. The minimum atomic E-state index is -4.36. The Morgan fingerprint density at radius 1 is 1.00 bits per heavy atom. The first-order chi connectivity index (χ1) is 12.6. The largest absolute Gasteiger partial charge is 0.416 e. The molecule has 3 rings (SSSR count). The van der Waals surface area contributed by atoms with Gasteiger partial charge in [-0.25, -0.2) is 0 Å². The predicted molar refractivity (Wildman–Crippen MR) is 105 cm³/mol. The summed E-state index contributed by atoms with van der Waals surface area (Å²) in [5, 5.41) is 4.54. The second-order valence-corrected chi connectivity index (χ2v) is 7.51. The molecule has 0 atom stereocenters. The lowest BCUT2D eigenvalue weighted by Crippen LogP contribution is -2.29. The third-order valence-electron chi connectivity index (χ3n) is 4.12. The highest BCUT2D eigenvalue weighted by atomic mass is 79.9. The van der Waals surface area contributed by atoms with E-state index >= 15 is 0 Å². The maximum Gasteiger partial charge on any atom is 0.416 e. The molecule has 0 aromatic heterocycles. The molecule has 0 aliphatic carbocycles. The van der Waals surface area contributed by atoms with E-state index < -0.39 is 11.7 Å². The predicted octanol–water partition coefficient (Wildman–Crippen LogP) is 6.43. The topological polar surface area (TPSA) is 29.1 Å². The van der Waals surface area contributed by atoms with Gasteiger partial charge < -0.3 is 5.32 Å². The van der Waals surface area contributed by atoms with Crippen molar-refractivity contribution in [3.8, 4) is 11.1 Å². The van der Waals surface area contributed by atoms with Crippen LogP contribution in [0, 0.1) is 0 Å². The van der Waals surface area contributed by atoms with E-state index in [-0.39, 0.29) is 11.9 Å². The Morgan fingerprint density at radius 3 is 2.26 bits per heavy atom. The molecule has 0 fully saturated rings. The number of carbonyl (C=O) groups excluding carboxylic acids is 1. The summed E-state index contributed by atoms with van der Waals surface area (Å²) in [6.07, 6.45) is -4.36. The van der Waals surface area contributed by atoms with E-state index in [9.17, 15) is 18.0 Å². The number of nitrogens with one attached hydrogen (secondary N) is 1. The van der Waals surface area contributed by atoms with Gasteiger partial charge in [0, 0.05) is 16.1 Å². The Bertz CT molecular complexity index is 995. The van der Waals surface area contributed by atoms with Crippen molar-refractivity contribution in [2.24, 2.45) is 0 Å². The first kappa shape index (κ1) is 19.4. The summed E-state index contributed by atoms with van der Waals surface area (Å²) in [5.41, 5.74) is 1.32. The van der Waals surface area contributed by atoms with Gasteiger partial charge in [0.25, 0.3) is 5.91 Å². The molecule has 0 saturated carbocycles. The van der Waals surface area contributed by atoms with Crippen molar-refractivity contribution < 1.29 is 18.0 Å². The lowest BCUT2D eigenvalue weighted by Gasteiger charge is -2.13. The molecule has 140 valence electrons. The van der Waals surface area contributed by atoms with Gasteiger partial charge in [-0.15, -0.1) is 0 Å². The van der Waals surface area contributed by atoms with E-state index in [1.54, 1.807) is 12.1 Å². The van der Waals surface area contributed by atoms with Gasteiger partial charge in [-0.3, -0.25) is 4.79 Å². The quantitative estimate of drug-likeness (QED) is 0.504. The van der Waals surface area contributed by atoms with Gasteiger partial charge >= 0.3 is 6.18 Å². The normalized spacial score (nSPS) is 11.8. The van der Waals surface area contributed by atoms with E-state index in [1.807, 2.05) is 32.0 Å². The molecule has 0 unspecified atom stereocenters. The van der Waals surface area contributed by atoms with Crippen molar-refractivity contribution in [1.82, 2.24) is 5.32 Å². The van der Waals surface area contributed by atoms with Crippen LogP contribution in [0.4, 0.5) is 13.2 Å². The van der Waals surface area contributed by atoms with Crippen LogP contribution in [0.15, 0.2) is 59.1 Å². The molecule has 0 heterocycles. The molecule has 1 amide bonds. The van der Waals surface area contributed by atoms with Crippen molar-refractivity contribution in [2.75, 3.05) is 0 Å². The number of halogens is 4. The van der Waals surface area contributed by atoms with Crippen LogP contribution in [-0.4, -0.2) is 11.9 Å². The van der Waals surface area contributed by atoms with Crippen molar-refractivity contribution in [3.63, 3.8) is 0 Å². The fourth-order valence-corrected chi connectivity index (χ4v) is 3.37. The van der Waals surface area contributed by atoms with Crippen LogP contribution < -0.4 is 5.32 Å². The van der Waals surface area contributed by atoms with Crippen molar-refractivity contribution in [1.29, 1.82) is 0 Å². The lowest BCUT2D eigenvalue weighted by atomic mass is 9.96. The van der Waals surface area contributed by atoms with Crippen molar-refractivity contribution >= 4 is 32.6 Å². The highest BCUT2D eigenvalue weighted by molar-refractivity contribution is 9.10. The molecule has 0 bridgehead atoms.